The summed E-state index contributed by atoms with van der Waals surface area (Å²) in [5, 5.41) is 15.8. The van der Waals surface area contributed by atoms with Crippen molar-refractivity contribution in [2.24, 2.45) is 0 Å². The van der Waals surface area contributed by atoms with E-state index < -0.39 is 0 Å². The van der Waals surface area contributed by atoms with Gasteiger partial charge in [-0.2, -0.15) is 5.21 Å². The van der Waals surface area contributed by atoms with Crippen LogP contribution < -0.4 is 5.32 Å². The minimum absolute atomic E-state index is 0.125. The number of aromatic amines is 1. The smallest absolute Gasteiger partial charge is 0.276 e. The predicted molar refractivity (Wildman–Crippen MR) is 99.8 cm³/mol. The fourth-order valence-corrected chi connectivity index (χ4v) is 2.66. The van der Waals surface area contributed by atoms with Crippen LogP contribution in [0.5, 0.6) is 0 Å². The molecule has 0 aliphatic heterocycles. The number of nitrogens with one attached hydrogen (secondary N) is 2. The first kappa shape index (κ1) is 17.7. The molecule has 2 N–H and O–H groups in total. The summed E-state index contributed by atoms with van der Waals surface area (Å²) in [6.07, 6.45) is 4.26. The fourth-order valence-electron chi connectivity index (χ4n) is 2.66. The molecule has 7 nitrogen and oxygen atoms in total. The van der Waals surface area contributed by atoms with E-state index in [1.165, 1.54) is 18.4 Å². The lowest BCUT2D eigenvalue weighted by Crippen LogP contribution is -2.15. The van der Waals surface area contributed by atoms with Crippen molar-refractivity contribution in [3.8, 4) is 11.3 Å². The summed E-state index contributed by atoms with van der Waals surface area (Å²) in [4.78, 5) is 17.0. The number of aromatic nitrogens is 5. The lowest BCUT2D eigenvalue weighted by molar-refractivity contribution is 0.102. The van der Waals surface area contributed by atoms with Crippen LogP contribution in [0.4, 0.5) is 5.95 Å². The van der Waals surface area contributed by atoms with Gasteiger partial charge in [-0.15, -0.1) is 5.10 Å². The van der Waals surface area contributed by atoms with Gasteiger partial charge in [0.25, 0.3) is 11.9 Å². The highest BCUT2D eigenvalue weighted by Gasteiger charge is 2.13. The number of H-pyrrole nitrogens is 1. The van der Waals surface area contributed by atoms with Crippen molar-refractivity contribution >= 4 is 11.9 Å². The number of hydrogen-bond donors (Lipinski definition) is 2. The summed E-state index contributed by atoms with van der Waals surface area (Å²) in [6.45, 7) is 4.24. The molecule has 1 amide bonds. The highest BCUT2D eigenvalue weighted by atomic mass is 16.2. The van der Waals surface area contributed by atoms with Crippen molar-refractivity contribution in [2.45, 2.75) is 39.5 Å². The molecule has 3 rings (SSSR count). The molecule has 2 aromatic heterocycles. The number of hydrogen-bond acceptors (Lipinski definition) is 5. The maximum absolute atomic E-state index is 12.4. The number of carbonyl (C=O) groups excluding carboxylic acids is 1. The molecule has 0 bridgehead atoms. The zero-order chi connectivity index (χ0) is 18.4. The van der Waals surface area contributed by atoms with Gasteiger partial charge >= 0.3 is 0 Å². The van der Waals surface area contributed by atoms with Gasteiger partial charge in [0.1, 0.15) is 5.69 Å². The van der Waals surface area contributed by atoms with Gasteiger partial charge in [0.2, 0.25) is 0 Å². The van der Waals surface area contributed by atoms with Gasteiger partial charge in [0.15, 0.2) is 0 Å². The second-order valence-corrected chi connectivity index (χ2v) is 6.09. The average Bonchev–Trinajstić information content (AvgIpc) is 3.19. The van der Waals surface area contributed by atoms with E-state index >= 15 is 0 Å². The lowest BCUT2D eigenvalue weighted by atomic mass is 10.0. The van der Waals surface area contributed by atoms with Crippen LogP contribution in [0, 0.1) is 0 Å². The third-order valence-electron chi connectivity index (χ3n) is 4.17. The molecule has 1 aromatic carbocycles. The Morgan fingerprint density at radius 2 is 1.92 bits per heavy atom. The summed E-state index contributed by atoms with van der Waals surface area (Å²) >= 11 is 0. The van der Waals surface area contributed by atoms with Gasteiger partial charge in [0.05, 0.1) is 5.69 Å². The minimum atomic E-state index is -0.359. The van der Waals surface area contributed by atoms with E-state index in [0.717, 1.165) is 29.7 Å². The Bertz CT molecular complexity index is 858. The second kappa shape index (κ2) is 8.33. The number of amides is 1. The highest BCUT2D eigenvalue weighted by Crippen LogP contribution is 2.21. The van der Waals surface area contributed by atoms with Crippen LogP contribution in [-0.4, -0.2) is 31.5 Å². The number of pyridine rings is 1. The van der Waals surface area contributed by atoms with Gasteiger partial charge in [0, 0.05) is 5.56 Å². The normalized spacial score (nSPS) is 10.7. The number of unbranched alkanes of at least 4 members (excludes halogenated alkanes) is 1. The van der Waals surface area contributed by atoms with E-state index in [1.54, 1.807) is 6.07 Å². The molecule has 7 heteroatoms. The second-order valence-electron chi connectivity index (χ2n) is 6.09. The molecule has 0 radical (unpaired) electrons. The highest BCUT2D eigenvalue weighted by molar-refractivity contribution is 6.02. The number of nitrogens with zero attached hydrogens (tertiary/aromatic N) is 4. The van der Waals surface area contributed by atoms with Crippen molar-refractivity contribution in [1.82, 2.24) is 25.6 Å². The van der Waals surface area contributed by atoms with E-state index in [2.05, 4.69) is 62.1 Å². The van der Waals surface area contributed by atoms with E-state index in [1.807, 2.05) is 13.0 Å². The van der Waals surface area contributed by atoms with Crippen molar-refractivity contribution in [2.75, 3.05) is 5.32 Å². The fraction of sp³-hybridized carbons (Fsp3) is 0.316. The lowest BCUT2D eigenvalue weighted by Gasteiger charge is -2.09. The number of aryl methyl sites for hydroxylation is 2. The van der Waals surface area contributed by atoms with E-state index in [0.29, 0.717) is 5.69 Å². The summed E-state index contributed by atoms with van der Waals surface area (Å²) in [5.74, 6) is -0.233. The maximum atomic E-state index is 12.4. The number of benzene rings is 1. The Balaban J connectivity index is 1.86. The van der Waals surface area contributed by atoms with Gasteiger partial charge in [-0.1, -0.05) is 49.6 Å². The molecule has 0 spiro atoms. The molecule has 0 saturated heterocycles. The van der Waals surface area contributed by atoms with Crippen molar-refractivity contribution in [3.63, 3.8) is 0 Å². The van der Waals surface area contributed by atoms with E-state index in [9.17, 15) is 4.79 Å². The molecule has 0 fully saturated rings. The first-order valence-corrected chi connectivity index (χ1v) is 8.84. The molecule has 0 atom stereocenters. The molecule has 0 aliphatic carbocycles. The summed E-state index contributed by atoms with van der Waals surface area (Å²) < 4.78 is 0. The molecular weight excluding hydrogens is 328 g/mol. The van der Waals surface area contributed by atoms with Crippen molar-refractivity contribution < 1.29 is 4.79 Å². The number of rotatable bonds is 7. The van der Waals surface area contributed by atoms with Crippen LogP contribution in [0.15, 0.2) is 36.4 Å². The van der Waals surface area contributed by atoms with Crippen molar-refractivity contribution in [3.05, 3.63) is 53.2 Å². The molecule has 26 heavy (non-hydrogen) atoms. The third kappa shape index (κ3) is 4.30. The number of tetrazole rings is 1. The van der Waals surface area contributed by atoms with Gasteiger partial charge < -0.3 is 0 Å². The third-order valence-corrected chi connectivity index (χ3v) is 4.17. The van der Waals surface area contributed by atoms with Crippen LogP contribution >= 0.6 is 0 Å². The predicted octanol–water partition coefficient (Wildman–Crippen LogP) is 3.42. The van der Waals surface area contributed by atoms with Crippen LogP contribution in [0.2, 0.25) is 0 Å². The topological polar surface area (TPSA) is 96.5 Å². The number of anilines is 1. The van der Waals surface area contributed by atoms with E-state index in [4.69, 9.17) is 0 Å². The molecular formula is C19H22N6O. The van der Waals surface area contributed by atoms with Crippen LogP contribution in [0.3, 0.4) is 0 Å². The Morgan fingerprint density at radius 1 is 1.12 bits per heavy atom. The van der Waals surface area contributed by atoms with E-state index in [-0.39, 0.29) is 11.9 Å². The SMILES string of the molecule is CCCCc1ccc(-c2cc(CC)cc(C(=O)Nc3nn[nH]n3)n2)cc1. The maximum Gasteiger partial charge on any atom is 0.276 e. The van der Waals surface area contributed by atoms with Crippen LogP contribution in [0.25, 0.3) is 11.3 Å². The first-order chi connectivity index (χ1) is 12.7. The van der Waals surface area contributed by atoms with Crippen LogP contribution in [-0.2, 0) is 12.8 Å². The molecule has 0 saturated carbocycles. The minimum Gasteiger partial charge on any atom is -0.286 e. The quantitative estimate of drug-likeness (QED) is 0.680. The Kier molecular flexibility index (Phi) is 5.68. The Morgan fingerprint density at radius 3 is 2.58 bits per heavy atom. The summed E-state index contributed by atoms with van der Waals surface area (Å²) in [7, 11) is 0. The first-order valence-electron chi connectivity index (χ1n) is 8.84. The molecule has 0 unspecified atom stereocenters. The molecule has 134 valence electrons. The molecule has 2 heterocycles. The zero-order valence-corrected chi connectivity index (χ0v) is 15.0. The summed E-state index contributed by atoms with van der Waals surface area (Å²) in [6, 6.07) is 12.2. The molecule has 0 aliphatic rings. The Labute approximate surface area is 152 Å². The monoisotopic (exact) mass is 350 g/mol. The van der Waals surface area contributed by atoms with Gasteiger partial charge in [-0.05, 0) is 47.7 Å². The molecule has 3 aromatic rings. The number of carbonyl (C=O) groups is 1. The standard InChI is InChI=1S/C19H22N6O/c1-3-5-6-14-7-9-15(10-8-14)16-11-13(4-2)12-17(20-16)18(26)21-19-22-24-25-23-19/h7-12H,3-6H2,1-2H3,(H2,21,22,23,24,25,26). The average molecular weight is 350 g/mol. The summed E-state index contributed by atoms with van der Waals surface area (Å²) in [5.41, 5.74) is 4.47. The van der Waals surface area contributed by atoms with Crippen molar-refractivity contribution in [1.29, 1.82) is 0 Å². The largest absolute Gasteiger partial charge is 0.286 e. The van der Waals surface area contributed by atoms with Gasteiger partial charge in [-0.3, -0.25) is 10.1 Å². The Hall–Kier alpha value is -3.09. The van der Waals surface area contributed by atoms with Gasteiger partial charge in [-0.25, -0.2) is 4.98 Å². The van der Waals surface area contributed by atoms with Crippen LogP contribution in [0.1, 0.15) is 48.3 Å². The zero-order valence-electron chi connectivity index (χ0n) is 15.0.